The predicted molar refractivity (Wildman–Crippen MR) is 116 cm³/mol. The lowest BCUT2D eigenvalue weighted by molar-refractivity contribution is -0.138. The topological polar surface area (TPSA) is 49.3 Å². The normalized spacial score (nSPS) is 18.1. The Morgan fingerprint density at radius 3 is 2.69 bits per heavy atom. The Hall–Kier alpha value is -2.02. The zero-order chi connectivity index (χ0) is 20.8. The van der Waals surface area contributed by atoms with Gasteiger partial charge in [-0.05, 0) is 37.5 Å². The quantitative estimate of drug-likeness (QED) is 0.632. The number of carbonyl (C=O) groups excluding carboxylic acids is 1. The molecule has 29 heavy (non-hydrogen) atoms. The molecule has 1 amide bonds. The van der Waals surface area contributed by atoms with Gasteiger partial charge in [-0.15, -0.1) is 0 Å². The van der Waals surface area contributed by atoms with Gasteiger partial charge in [0.25, 0.3) is 0 Å². The molecule has 2 heterocycles. The number of nitrogens with zero attached hydrogens (tertiary/aromatic N) is 4. The summed E-state index contributed by atoms with van der Waals surface area (Å²) in [6.07, 6.45) is 4.74. The largest absolute Gasteiger partial charge is 0.343 e. The Kier molecular flexibility index (Phi) is 7.58. The lowest BCUT2D eigenvalue weighted by Crippen LogP contribution is -2.55. The molecule has 0 bridgehead atoms. The van der Waals surface area contributed by atoms with E-state index in [1.807, 2.05) is 0 Å². The van der Waals surface area contributed by atoms with Crippen molar-refractivity contribution in [3.05, 3.63) is 41.5 Å². The number of unbranched alkanes of at least 4 members (excludes halogenated alkanes) is 1. The van der Waals surface area contributed by atoms with Crippen molar-refractivity contribution in [2.24, 2.45) is 5.92 Å². The molecule has 0 spiro atoms. The second kappa shape index (κ2) is 10.1. The van der Waals surface area contributed by atoms with Crippen LogP contribution in [0.15, 0.2) is 24.3 Å². The Morgan fingerprint density at radius 2 is 2.03 bits per heavy atom. The Balaban J connectivity index is 1.58. The first-order valence-corrected chi connectivity index (χ1v) is 11.4. The van der Waals surface area contributed by atoms with Gasteiger partial charge in [-0.25, -0.2) is 9.37 Å². The van der Waals surface area contributed by atoms with E-state index >= 15 is 0 Å². The average molecular weight is 419 g/mol. The van der Waals surface area contributed by atoms with E-state index in [1.54, 1.807) is 12.1 Å². The van der Waals surface area contributed by atoms with Crippen molar-refractivity contribution in [1.29, 1.82) is 0 Å². The third kappa shape index (κ3) is 5.53. The lowest BCUT2D eigenvalue weighted by atomic mass is 9.96. The molecule has 158 valence electrons. The monoisotopic (exact) mass is 418 g/mol. The Bertz CT molecular complexity index is 794. The molecular weight excluding hydrogens is 387 g/mol. The molecule has 0 aliphatic carbocycles. The molecule has 5 nitrogen and oxygen atoms in total. The van der Waals surface area contributed by atoms with E-state index in [0.29, 0.717) is 12.3 Å². The van der Waals surface area contributed by atoms with Crippen LogP contribution in [0, 0.1) is 11.7 Å². The highest BCUT2D eigenvalue weighted by Crippen LogP contribution is 2.25. The SMILES string of the molecule is CCCCC(CC)C(=O)N1CCN(c2nc(Cc3ccc(F)cc3)ns2)CC1C. The smallest absolute Gasteiger partial charge is 0.226 e. The number of aromatic nitrogens is 2. The van der Waals surface area contributed by atoms with Crippen molar-refractivity contribution in [2.75, 3.05) is 24.5 Å². The summed E-state index contributed by atoms with van der Waals surface area (Å²) in [6, 6.07) is 6.63. The molecule has 2 aromatic rings. The van der Waals surface area contributed by atoms with Crippen LogP contribution in [0.1, 0.15) is 57.8 Å². The first kappa shape index (κ1) is 21.7. The molecule has 1 saturated heterocycles. The van der Waals surface area contributed by atoms with Crippen LogP contribution < -0.4 is 4.90 Å². The number of carbonyl (C=O) groups is 1. The van der Waals surface area contributed by atoms with E-state index in [0.717, 1.165) is 61.8 Å². The molecule has 1 aromatic carbocycles. The number of benzene rings is 1. The van der Waals surface area contributed by atoms with Gasteiger partial charge in [0.1, 0.15) is 11.6 Å². The first-order chi connectivity index (χ1) is 14.0. The Morgan fingerprint density at radius 1 is 1.28 bits per heavy atom. The number of hydrogen-bond acceptors (Lipinski definition) is 5. The number of anilines is 1. The third-order valence-electron chi connectivity index (χ3n) is 5.66. The molecule has 2 unspecified atom stereocenters. The van der Waals surface area contributed by atoms with Gasteiger partial charge in [-0.1, -0.05) is 38.8 Å². The molecule has 1 aromatic heterocycles. The molecule has 1 aliphatic heterocycles. The summed E-state index contributed by atoms with van der Waals surface area (Å²) in [5, 5.41) is 0.902. The van der Waals surface area contributed by atoms with Gasteiger partial charge in [-0.2, -0.15) is 4.37 Å². The van der Waals surface area contributed by atoms with E-state index < -0.39 is 0 Å². The van der Waals surface area contributed by atoms with Crippen molar-refractivity contribution in [3.8, 4) is 0 Å². The molecule has 0 N–H and O–H groups in total. The van der Waals surface area contributed by atoms with E-state index in [2.05, 4.69) is 39.9 Å². The van der Waals surface area contributed by atoms with Gasteiger partial charge in [-0.3, -0.25) is 4.79 Å². The summed E-state index contributed by atoms with van der Waals surface area (Å²) < 4.78 is 17.5. The standard InChI is InChI=1S/C22H31FN4OS/c1-4-6-7-18(5-2)21(28)27-13-12-26(15-16(27)3)22-24-20(25-29-22)14-17-8-10-19(23)11-9-17/h8-11,16,18H,4-7,12-15H2,1-3H3. The van der Waals surface area contributed by atoms with Crippen LogP contribution in [0.4, 0.5) is 9.52 Å². The molecule has 0 saturated carbocycles. The highest BCUT2D eigenvalue weighted by atomic mass is 32.1. The molecule has 2 atom stereocenters. The number of piperazine rings is 1. The number of amides is 1. The van der Waals surface area contributed by atoms with Gasteiger partial charge in [0, 0.05) is 49.5 Å². The summed E-state index contributed by atoms with van der Waals surface area (Å²) in [7, 11) is 0. The second-order valence-corrected chi connectivity index (χ2v) is 8.60. The number of hydrogen-bond donors (Lipinski definition) is 0. The maximum atomic E-state index is 13.1. The molecule has 7 heteroatoms. The fourth-order valence-electron chi connectivity index (χ4n) is 3.88. The summed E-state index contributed by atoms with van der Waals surface area (Å²) >= 11 is 1.40. The minimum atomic E-state index is -0.234. The van der Waals surface area contributed by atoms with Crippen molar-refractivity contribution >= 4 is 22.6 Å². The van der Waals surface area contributed by atoms with E-state index in [-0.39, 0.29) is 17.8 Å². The van der Waals surface area contributed by atoms with Gasteiger partial charge in [0.15, 0.2) is 0 Å². The van der Waals surface area contributed by atoms with Gasteiger partial charge >= 0.3 is 0 Å². The van der Waals surface area contributed by atoms with Crippen LogP contribution in [0.3, 0.4) is 0 Å². The second-order valence-electron chi connectivity index (χ2n) is 7.87. The third-order valence-corrected chi connectivity index (χ3v) is 6.48. The van der Waals surface area contributed by atoms with Crippen LogP contribution in [0.25, 0.3) is 0 Å². The van der Waals surface area contributed by atoms with E-state index in [4.69, 9.17) is 0 Å². The molecule has 1 fully saturated rings. The molecular formula is C22H31FN4OS. The minimum Gasteiger partial charge on any atom is -0.343 e. The summed E-state index contributed by atoms with van der Waals surface area (Å²) in [5.74, 6) is 0.977. The van der Waals surface area contributed by atoms with Crippen molar-refractivity contribution < 1.29 is 9.18 Å². The average Bonchev–Trinajstić information content (AvgIpc) is 3.18. The fraction of sp³-hybridized carbons (Fsp3) is 0.591. The summed E-state index contributed by atoms with van der Waals surface area (Å²) in [6.45, 7) is 8.70. The van der Waals surface area contributed by atoms with Gasteiger partial charge < -0.3 is 9.80 Å². The molecule has 1 aliphatic rings. The highest BCUT2D eigenvalue weighted by molar-refractivity contribution is 7.09. The Labute approximate surface area is 177 Å². The van der Waals surface area contributed by atoms with Gasteiger partial charge in [0.05, 0.1) is 0 Å². The minimum absolute atomic E-state index is 0.146. The number of rotatable bonds is 8. The van der Waals surface area contributed by atoms with Crippen molar-refractivity contribution in [1.82, 2.24) is 14.3 Å². The number of halogens is 1. The summed E-state index contributed by atoms with van der Waals surface area (Å²) in [4.78, 5) is 21.9. The van der Waals surface area contributed by atoms with Gasteiger partial charge in [0.2, 0.25) is 11.0 Å². The lowest BCUT2D eigenvalue weighted by Gasteiger charge is -2.41. The maximum Gasteiger partial charge on any atom is 0.226 e. The van der Waals surface area contributed by atoms with Crippen molar-refractivity contribution in [2.45, 2.75) is 58.9 Å². The zero-order valence-corrected chi connectivity index (χ0v) is 18.4. The summed E-state index contributed by atoms with van der Waals surface area (Å²) in [5.41, 5.74) is 0.997. The van der Waals surface area contributed by atoms with Crippen LogP contribution in [0.2, 0.25) is 0 Å². The van der Waals surface area contributed by atoms with Crippen LogP contribution in [-0.4, -0.2) is 45.8 Å². The van der Waals surface area contributed by atoms with Crippen LogP contribution >= 0.6 is 11.5 Å². The van der Waals surface area contributed by atoms with Crippen LogP contribution in [-0.2, 0) is 11.2 Å². The molecule has 0 radical (unpaired) electrons. The first-order valence-electron chi connectivity index (χ1n) is 10.6. The van der Waals surface area contributed by atoms with E-state index in [1.165, 1.54) is 23.7 Å². The maximum absolute atomic E-state index is 13.1. The van der Waals surface area contributed by atoms with Crippen molar-refractivity contribution in [3.63, 3.8) is 0 Å². The highest BCUT2D eigenvalue weighted by Gasteiger charge is 2.31. The fourth-order valence-corrected chi connectivity index (χ4v) is 4.60. The predicted octanol–water partition coefficient (Wildman–Crippen LogP) is 4.52. The zero-order valence-electron chi connectivity index (χ0n) is 17.6. The van der Waals surface area contributed by atoms with E-state index in [9.17, 15) is 9.18 Å². The molecule has 3 rings (SSSR count). The van der Waals surface area contributed by atoms with Crippen LogP contribution in [0.5, 0.6) is 0 Å².